The summed E-state index contributed by atoms with van der Waals surface area (Å²) in [6, 6.07) is 11.0. The minimum atomic E-state index is -0.442. The minimum Gasteiger partial charge on any atom is -0.493 e. The molecule has 1 N–H and O–H groups in total. The van der Waals surface area contributed by atoms with Gasteiger partial charge in [0, 0.05) is 29.4 Å². The van der Waals surface area contributed by atoms with E-state index in [2.05, 4.69) is 12.2 Å². The first kappa shape index (κ1) is 17.1. The molecule has 0 fully saturated rings. The fraction of sp³-hybridized carbons (Fsp3) is 0.238. The predicted molar refractivity (Wildman–Crippen MR) is 104 cm³/mol. The van der Waals surface area contributed by atoms with Crippen LogP contribution in [0.1, 0.15) is 28.9 Å². The average Bonchev–Trinajstić information content (AvgIpc) is 3.00. The Balaban J connectivity index is 1.75. The number of anilines is 1. The fourth-order valence-electron chi connectivity index (χ4n) is 3.69. The standard InChI is InChI=1S/C21H20N2O4/c1-12-9-13-5-4-6-15-19(13)23(12)11-16(20(15)24)21(25)22-14-7-8-17(26-2)18(10-14)27-3/h4-8,10-12H,9H2,1-3H3,(H,22,25). The van der Waals surface area contributed by atoms with Gasteiger partial charge in [-0.05, 0) is 37.1 Å². The van der Waals surface area contributed by atoms with Gasteiger partial charge in [0.05, 0.1) is 19.7 Å². The van der Waals surface area contributed by atoms with E-state index in [0.717, 1.165) is 17.5 Å². The molecule has 3 aromatic rings. The molecule has 0 bridgehead atoms. The number of pyridine rings is 1. The maximum absolute atomic E-state index is 12.9. The Hall–Kier alpha value is -3.28. The van der Waals surface area contributed by atoms with E-state index >= 15 is 0 Å². The number of hydrogen-bond acceptors (Lipinski definition) is 4. The molecule has 6 nitrogen and oxygen atoms in total. The van der Waals surface area contributed by atoms with Gasteiger partial charge in [-0.3, -0.25) is 9.59 Å². The molecular formula is C21H20N2O4. The van der Waals surface area contributed by atoms with Crippen molar-refractivity contribution < 1.29 is 14.3 Å². The molecule has 0 saturated carbocycles. The molecule has 6 heteroatoms. The highest BCUT2D eigenvalue weighted by molar-refractivity contribution is 6.06. The van der Waals surface area contributed by atoms with Crippen molar-refractivity contribution in [2.75, 3.05) is 19.5 Å². The molecule has 2 aromatic carbocycles. The van der Waals surface area contributed by atoms with Crippen molar-refractivity contribution in [1.29, 1.82) is 0 Å². The summed E-state index contributed by atoms with van der Waals surface area (Å²) >= 11 is 0. The first-order valence-corrected chi connectivity index (χ1v) is 8.73. The lowest BCUT2D eigenvalue weighted by Gasteiger charge is -2.13. The molecule has 138 valence electrons. The number of hydrogen-bond donors (Lipinski definition) is 1. The number of para-hydroxylation sites is 1. The minimum absolute atomic E-state index is 0.128. The molecule has 1 amide bonds. The van der Waals surface area contributed by atoms with Crippen LogP contribution in [0.2, 0.25) is 0 Å². The van der Waals surface area contributed by atoms with Crippen molar-refractivity contribution >= 4 is 22.5 Å². The number of amides is 1. The van der Waals surface area contributed by atoms with Crippen LogP contribution in [0.15, 0.2) is 47.4 Å². The van der Waals surface area contributed by atoms with Crippen molar-refractivity contribution in [3.8, 4) is 11.5 Å². The Morgan fingerprint density at radius 3 is 2.67 bits per heavy atom. The molecule has 4 rings (SSSR count). The van der Waals surface area contributed by atoms with Gasteiger partial charge in [0.25, 0.3) is 5.91 Å². The van der Waals surface area contributed by atoms with Crippen LogP contribution in [0.25, 0.3) is 10.9 Å². The smallest absolute Gasteiger partial charge is 0.261 e. The second-order valence-electron chi connectivity index (χ2n) is 6.67. The van der Waals surface area contributed by atoms with Crippen molar-refractivity contribution in [3.63, 3.8) is 0 Å². The highest BCUT2D eigenvalue weighted by Crippen LogP contribution is 2.32. The van der Waals surface area contributed by atoms with Crippen LogP contribution in [0, 0.1) is 0 Å². The van der Waals surface area contributed by atoms with Crippen LogP contribution in [0.5, 0.6) is 11.5 Å². The van der Waals surface area contributed by atoms with Crippen molar-refractivity contribution in [1.82, 2.24) is 4.57 Å². The normalized spacial score (nSPS) is 15.0. The van der Waals surface area contributed by atoms with Crippen LogP contribution in [-0.4, -0.2) is 24.7 Å². The van der Waals surface area contributed by atoms with Gasteiger partial charge in [0.2, 0.25) is 5.43 Å². The Kier molecular flexibility index (Phi) is 4.11. The van der Waals surface area contributed by atoms with Crippen LogP contribution in [0.3, 0.4) is 0 Å². The number of benzene rings is 2. The molecule has 1 unspecified atom stereocenters. The number of carbonyl (C=O) groups excluding carboxylic acids is 1. The summed E-state index contributed by atoms with van der Waals surface area (Å²) in [4.78, 5) is 25.7. The summed E-state index contributed by atoms with van der Waals surface area (Å²) < 4.78 is 12.5. The molecule has 2 heterocycles. The van der Waals surface area contributed by atoms with Crippen molar-refractivity contribution in [2.45, 2.75) is 19.4 Å². The second-order valence-corrected chi connectivity index (χ2v) is 6.67. The van der Waals surface area contributed by atoms with Gasteiger partial charge in [0.15, 0.2) is 11.5 Å². The van der Waals surface area contributed by atoms with E-state index in [1.165, 1.54) is 7.11 Å². The van der Waals surface area contributed by atoms with Crippen LogP contribution in [0.4, 0.5) is 5.69 Å². The number of aromatic nitrogens is 1. The zero-order valence-electron chi connectivity index (χ0n) is 15.4. The maximum Gasteiger partial charge on any atom is 0.261 e. The number of rotatable bonds is 4. The molecular weight excluding hydrogens is 344 g/mol. The highest BCUT2D eigenvalue weighted by Gasteiger charge is 2.24. The van der Waals surface area contributed by atoms with E-state index in [-0.39, 0.29) is 17.0 Å². The highest BCUT2D eigenvalue weighted by atomic mass is 16.5. The second kappa shape index (κ2) is 6.46. The summed E-state index contributed by atoms with van der Waals surface area (Å²) in [5.41, 5.74) is 2.47. The maximum atomic E-state index is 12.9. The summed E-state index contributed by atoms with van der Waals surface area (Å²) in [5.74, 6) is 0.626. The van der Waals surface area contributed by atoms with E-state index < -0.39 is 5.91 Å². The molecule has 1 aromatic heterocycles. The molecule has 1 aliphatic heterocycles. The third-order valence-corrected chi connectivity index (χ3v) is 5.01. The summed E-state index contributed by atoms with van der Waals surface area (Å²) in [7, 11) is 3.07. The van der Waals surface area contributed by atoms with Crippen molar-refractivity contribution in [3.05, 3.63) is 63.9 Å². The number of nitrogens with zero attached hydrogens (tertiary/aromatic N) is 1. The third kappa shape index (κ3) is 2.73. The summed E-state index contributed by atoms with van der Waals surface area (Å²) in [5, 5.41) is 3.37. The van der Waals surface area contributed by atoms with Crippen LogP contribution in [-0.2, 0) is 6.42 Å². The van der Waals surface area contributed by atoms with Gasteiger partial charge in [-0.2, -0.15) is 0 Å². The summed E-state index contributed by atoms with van der Waals surface area (Å²) in [6.07, 6.45) is 2.53. The molecule has 1 atom stereocenters. The first-order valence-electron chi connectivity index (χ1n) is 8.73. The fourth-order valence-corrected chi connectivity index (χ4v) is 3.69. The van der Waals surface area contributed by atoms with Crippen molar-refractivity contribution in [2.24, 2.45) is 0 Å². The largest absolute Gasteiger partial charge is 0.493 e. The predicted octanol–water partition coefficient (Wildman–Crippen LogP) is 3.39. The molecule has 1 aliphatic rings. The molecule has 27 heavy (non-hydrogen) atoms. The Morgan fingerprint density at radius 1 is 1.15 bits per heavy atom. The van der Waals surface area contributed by atoms with E-state index in [4.69, 9.17) is 9.47 Å². The number of carbonyl (C=O) groups is 1. The third-order valence-electron chi connectivity index (χ3n) is 5.01. The lowest BCUT2D eigenvalue weighted by Crippen LogP contribution is -2.23. The lowest BCUT2D eigenvalue weighted by molar-refractivity contribution is 0.102. The number of nitrogens with one attached hydrogen (secondary N) is 1. The monoisotopic (exact) mass is 364 g/mol. The lowest BCUT2D eigenvalue weighted by atomic mass is 10.1. The van der Waals surface area contributed by atoms with Gasteiger partial charge in [-0.15, -0.1) is 0 Å². The molecule has 0 aliphatic carbocycles. The van der Waals surface area contributed by atoms with Crippen LogP contribution < -0.4 is 20.2 Å². The number of ether oxygens (including phenoxy) is 2. The van der Waals surface area contributed by atoms with Gasteiger partial charge < -0.3 is 19.4 Å². The van der Waals surface area contributed by atoms with E-state index in [0.29, 0.717) is 22.6 Å². The Bertz CT molecular complexity index is 1120. The zero-order valence-corrected chi connectivity index (χ0v) is 15.4. The topological polar surface area (TPSA) is 69.6 Å². The SMILES string of the molecule is COc1ccc(NC(=O)c2cn3c4c(cccc4c2=O)CC3C)cc1OC. The number of methoxy groups -OCH3 is 2. The van der Waals surface area contributed by atoms with E-state index in [1.807, 2.05) is 16.7 Å². The quantitative estimate of drug-likeness (QED) is 0.770. The van der Waals surface area contributed by atoms with Gasteiger partial charge in [-0.25, -0.2) is 0 Å². The average molecular weight is 364 g/mol. The first-order chi connectivity index (χ1) is 13.0. The zero-order chi connectivity index (χ0) is 19.1. The Labute approximate surface area is 156 Å². The van der Waals surface area contributed by atoms with Gasteiger partial charge >= 0.3 is 0 Å². The van der Waals surface area contributed by atoms with E-state index in [9.17, 15) is 9.59 Å². The van der Waals surface area contributed by atoms with E-state index in [1.54, 1.807) is 37.6 Å². The Morgan fingerprint density at radius 2 is 1.93 bits per heavy atom. The van der Waals surface area contributed by atoms with Crippen LogP contribution >= 0.6 is 0 Å². The van der Waals surface area contributed by atoms with Gasteiger partial charge in [0.1, 0.15) is 5.56 Å². The molecule has 0 spiro atoms. The molecule has 0 radical (unpaired) electrons. The molecule has 0 saturated heterocycles. The summed E-state index contributed by atoms with van der Waals surface area (Å²) in [6.45, 7) is 2.08. The van der Waals surface area contributed by atoms with Gasteiger partial charge in [-0.1, -0.05) is 12.1 Å².